The average Bonchev–Trinajstić information content (AvgIpc) is 2.02. The largest absolute Gasteiger partial charge is 0.512 e. The van der Waals surface area contributed by atoms with Crippen LogP contribution in [-0.2, 0) is 4.79 Å². The van der Waals surface area contributed by atoms with Crippen molar-refractivity contribution in [2.24, 2.45) is 5.92 Å². The molecule has 80 valence electrons. The number of rotatable bonds is 2. The van der Waals surface area contributed by atoms with E-state index in [1.54, 1.807) is 0 Å². The molecule has 0 amide bonds. The van der Waals surface area contributed by atoms with Crippen molar-refractivity contribution >= 4 is 5.78 Å². The smallest absolute Gasteiger partial charge is 0.248 e. The van der Waals surface area contributed by atoms with Gasteiger partial charge in [-0.3, -0.25) is 4.79 Å². The summed E-state index contributed by atoms with van der Waals surface area (Å²) < 4.78 is 25.5. The summed E-state index contributed by atoms with van der Waals surface area (Å²) in [6.07, 6.45) is 1.11. The van der Waals surface area contributed by atoms with Crippen LogP contribution >= 0.6 is 0 Å². The minimum absolute atomic E-state index is 0.0627. The lowest BCUT2D eigenvalue weighted by atomic mass is 9.84. The van der Waals surface area contributed by atoms with Gasteiger partial charge >= 0.3 is 0 Å². The van der Waals surface area contributed by atoms with Crippen molar-refractivity contribution in [3.8, 4) is 0 Å². The molecular weight excluding hydrogens is 190 g/mol. The Morgan fingerprint density at radius 2 is 1.93 bits per heavy atom. The van der Waals surface area contributed by atoms with Crippen LogP contribution in [0.1, 0.15) is 32.6 Å². The van der Waals surface area contributed by atoms with E-state index in [9.17, 15) is 13.6 Å². The first-order valence-corrected chi connectivity index (χ1v) is 4.70. The highest BCUT2D eigenvalue weighted by molar-refractivity contribution is 5.92. The van der Waals surface area contributed by atoms with Gasteiger partial charge in [-0.1, -0.05) is 0 Å². The second-order valence-corrected chi connectivity index (χ2v) is 3.82. The van der Waals surface area contributed by atoms with Crippen LogP contribution in [-0.4, -0.2) is 16.8 Å². The fourth-order valence-electron chi connectivity index (χ4n) is 1.65. The summed E-state index contributed by atoms with van der Waals surface area (Å²) in [7, 11) is 0. The zero-order valence-corrected chi connectivity index (χ0v) is 8.09. The Morgan fingerprint density at radius 1 is 1.43 bits per heavy atom. The van der Waals surface area contributed by atoms with Crippen molar-refractivity contribution in [2.45, 2.75) is 38.5 Å². The molecule has 1 N–H and O–H groups in total. The van der Waals surface area contributed by atoms with Crippen LogP contribution < -0.4 is 0 Å². The molecule has 0 aromatic carbocycles. The molecule has 1 saturated carbocycles. The quantitative estimate of drug-likeness (QED) is 0.554. The Hall–Kier alpha value is -0.930. The van der Waals surface area contributed by atoms with Crippen LogP contribution in [0, 0.1) is 5.92 Å². The van der Waals surface area contributed by atoms with E-state index in [1.165, 1.54) is 6.92 Å². The fraction of sp³-hybridized carbons (Fsp3) is 0.700. The van der Waals surface area contributed by atoms with Gasteiger partial charge in [0.05, 0.1) is 5.76 Å². The molecule has 1 aliphatic rings. The van der Waals surface area contributed by atoms with Crippen LogP contribution in [0.25, 0.3) is 0 Å². The summed E-state index contributed by atoms with van der Waals surface area (Å²) in [5, 5.41) is 8.85. The molecule has 0 heterocycles. The minimum atomic E-state index is -2.60. The molecule has 0 aliphatic heterocycles. The van der Waals surface area contributed by atoms with Gasteiger partial charge in [0.2, 0.25) is 5.92 Å². The molecule has 0 aromatic heterocycles. The highest BCUT2D eigenvalue weighted by Crippen LogP contribution is 2.36. The minimum Gasteiger partial charge on any atom is -0.512 e. The van der Waals surface area contributed by atoms with Crippen molar-refractivity contribution in [3.05, 3.63) is 11.8 Å². The lowest BCUT2D eigenvalue weighted by Crippen LogP contribution is -2.28. The lowest BCUT2D eigenvalue weighted by Gasteiger charge is -2.26. The standard InChI is InChI=1S/C10H14F2O2/c1-7(13)6-9(14)8-2-4-10(11,12)5-3-8/h6,8,13H,2-5H2,1H3/b7-6-. The zero-order chi connectivity index (χ0) is 10.8. The molecule has 14 heavy (non-hydrogen) atoms. The van der Waals surface area contributed by atoms with E-state index >= 15 is 0 Å². The Morgan fingerprint density at radius 3 is 2.36 bits per heavy atom. The van der Waals surface area contributed by atoms with Gasteiger partial charge in [0.25, 0.3) is 0 Å². The van der Waals surface area contributed by atoms with Crippen LogP contribution in [0.3, 0.4) is 0 Å². The number of halogens is 2. The van der Waals surface area contributed by atoms with Crippen LogP contribution in [0.15, 0.2) is 11.8 Å². The molecule has 2 nitrogen and oxygen atoms in total. The predicted molar refractivity (Wildman–Crippen MR) is 48.3 cm³/mol. The molecule has 0 unspecified atom stereocenters. The highest BCUT2D eigenvalue weighted by atomic mass is 19.3. The number of carbonyl (C=O) groups excluding carboxylic acids is 1. The molecule has 0 radical (unpaired) electrons. The highest BCUT2D eigenvalue weighted by Gasteiger charge is 2.36. The number of aliphatic hydroxyl groups is 1. The second-order valence-electron chi connectivity index (χ2n) is 3.82. The van der Waals surface area contributed by atoms with Crippen molar-refractivity contribution in [2.75, 3.05) is 0 Å². The topological polar surface area (TPSA) is 37.3 Å². The summed E-state index contributed by atoms with van der Waals surface area (Å²) in [6.45, 7) is 1.40. The summed E-state index contributed by atoms with van der Waals surface area (Å²) in [6, 6.07) is 0. The zero-order valence-electron chi connectivity index (χ0n) is 8.09. The first-order chi connectivity index (χ1) is 6.41. The van der Waals surface area contributed by atoms with Gasteiger partial charge in [0.15, 0.2) is 5.78 Å². The first kappa shape index (κ1) is 11.1. The fourth-order valence-corrected chi connectivity index (χ4v) is 1.65. The van der Waals surface area contributed by atoms with Gasteiger partial charge in [-0.15, -0.1) is 0 Å². The molecule has 0 saturated heterocycles. The van der Waals surface area contributed by atoms with Gasteiger partial charge in [0, 0.05) is 24.8 Å². The predicted octanol–water partition coefficient (Wildman–Crippen LogP) is 2.84. The number of carbonyl (C=O) groups is 1. The van der Waals surface area contributed by atoms with Gasteiger partial charge in [-0.25, -0.2) is 8.78 Å². The molecule has 0 spiro atoms. The van der Waals surface area contributed by atoms with E-state index in [0.29, 0.717) is 0 Å². The third kappa shape index (κ3) is 3.09. The number of hydrogen-bond acceptors (Lipinski definition) is 2. The van der Waals surface area contributed by atoms with Gasteiger partial charge in [-0.2, -0.15) is 0 Å². The third-order valence-corrected chi connectivity index (χ3v) is 2.47. The Balaban J connectivity index is 2.50. The van der Waals surface area contributed by atoms with E-state index in [-0.39, 0.29) is 43.1 Å². The Kier molecular flexibility index (Phi) is 3.24. The number of alkyl halides is 2. The number of hydrogen-bond donors (Lipinski definition) is 1. The molecule has 1 fully saturated rings. The summed E-state index contributed by atoms with van der Waals surface area (Å²) in [5.41, 5.74) is 0. The number of allylic oxidation sites excluding steroid dienone is 2. The number of aliphatic hydroxyl groups excluding tert-OH is 1. The molecule has 1 aliphatic carbocycles. The van der Waals surface area contributed by atoms with Crippen LogP contribution in [0.5, 0.6) is 0 Å². The molecular formula is C10H14F2O2. The molecule has 0 aromatic rings. The van der Waals surface area contributed by atoms with Gasteiger partial charge in [-0.05, 0) is 19.8 Å². The lowest BCUT2D eigenvalue weighted by molar-refractivity contribution is -0.122. The van der Waals surface area contributed by atoms with E-state index in [0.717, 1.165) is 6.08 Å². The van der Waals surface area contributed by atoms with E-state index in [4.69, 9.17) is 5.11 Å². The normalized spacial score (nSPS) is 23.5. The van der Waals surface area contributed by atoms with E-state index in [2.05, 4.69) is 0 Å². The second kappa shape index (κ2) is 4.07. The summed E-state index contributed by atoms with van der Waals surface area (Å²) >= 11 is 0. The SMILES string of the molecule is C/C(O)=C/C(=O)C1CCC(F)(F)CC1. The maximum absolute atomic E-state index is 12.7. The number of ketones is 1. The molecule has 1 rings (SSSR count). The Bertz CT molecular complexity index is 245. The van der Waals surface area contributed by atoms with E-state index in [1.807, 2.05) is 0 Å². The van der Waals surface area contributed by atoms with E-state index < -0.39 is 5.92 Å². The maximum Gasteiger partial charge on any atom is 0.248 e. The summed E-state index contributed by atoms with van der Waals surface area (Å²) in [5.74, 6) is -3.24. The third-order valence-electron chi connectivity index (χ3n) is 2.47. The monoisotopic (exact) mass is 204 g/mol. The van der Waals surface area contributed by atoms with Gasteiger partial charge < -0.3 is 5.11 Å². The average molecular weight is 204 g/mol. The Labute approximate surface area is 81.6 Å². The van der Waals surface area contributed by atoms with Crippen molar-refractivity contribution < 1.29 is 18.7 Å². The molecule has 0 bridgehead atoms. The molecule has 0 atom stereocenters. The van der Waals surface area contributed by atoms with Crippen molar-refractivity contribution in [1.82, 2.24) is 0 Å². The van der Waals surface area contributed by atoms with Crippen molar-refractivity contribution in [3.63, 3.8) is 0 Å². The maximum atomic E-state index is 12.7. The first-order valence-electron chi connectivity index (χ1n) is 4.70. The van der Waals surface area contributed by atoms with Gasteiger partial charge in [0.1, 0.15) is 0 Å². The van der Waals surface area contributed by atoms with Crippen LogP contribution in [0.2, 0.25) is 0 Å². The molecule has 4 heteroatoms. The van der Waals surface area contributed by atoms with Crippen LogP contribution in [0.4, 0.5) is 8.78 Å². The summed E-state index contributed by atoms with van der Waals surface area (Å²) in [4.78, 5) is 11.3. The van der Waals surface area contributed by atoms with Crippen molar-refractivity contribution in [1.29, 1.82) is 0 Å².